The average Bonchev–Trinajstić information content (AvgIpc) is 3.06. The summed E-state index contributed by atoms with van der Waals surface area (Å²) in [7, 11) is 0. The lowest BCUT2D eigenvalue weighted by atomic mass is 9.85. The van der Waals surface area contributed by atoms with Crippen LogP contribution in [0.4, 0.5) is 0 Å². The molecule has 1 aliphatic heterocycles. The van der Waals surface area contributed by atoms with Crippen LogP contribution >= 0.6 is 23.5 Å². The van der Waals surface area contributed by atoms with Crippen LogP contribution in [0.2, 0.25) is 0 Å². The van der Waals surface area contributed by atoms with Gasteiger partial charge >= 0.3 is 0 Å². The smallest absolute Gasteiger partial charge is 0.150 e. The van der Waals surface area contributed by atoms with E-state index in [1.54, 1.807) is 0 Å². The van der Waals surface area contributed by atoms with Crippen LogP contribution in [0, 0.1) is 33.5 Å². The lowest BCUT2D eigenvalue weighted by molar-refractivity contribution is 0.146. The van der Waals surface area contributed by atoms with Crippen LogP contribution in [0.5, 0.6) is 11.5 Å². The third-order valence-corrected chi connectivity index (χ3v) is 7.84. The molecule has 0 saturated heterocycles. The summed E-state index contributed by atoms with van der Waals surface area (Å²) in [6, 6.07) is 6.22. The van der Waals surface area contributed by atoms with E-state index >= 15 is 0 Å². The van der Waals surface area contributed by atoms with Crippen LogP contribution in [0.25, 0.3) is 0 Å². The van der Waals surface area contributed by atoms with Gasteiger partial charge in [0.25, 0.3) is 0 Å². The molecule has 2 unspecified atom stereocenters. The Bertz CT molecular complexity index is 1010. The van der Waals surface area contributed by atoms with Gasteiger partial charge < -0.3 is 9.47 Å². The molecule has 34 heavy (non-hydrogen) atoms. The molecule has 6 heteroatoms. The van der Waals surface area contributed by atoms with E-state index < -0.39 is 0 Å². The first-order chi connectivity index (χ1) is 15.4. The van der Waals surface area contributed by atoms with Gasteiger partial charge in [-0.15, -0.1) is 0 Å². The molecule has 2 atom stereocenters. The largest absolute Gasteiger partial charge is 0.489 e. The maximum Gasteiger partial charge on any atom is 0.150 e. The minimum atomic E-state index is -0.178. The number of hydrogen-bond acceptors (Lipinski definition) is 6. The minimum Gasteiger partial charge on any atom is -0.489 e. The Labute approximate surface area is 215 Å². The summed E-state index contributed by atoms with van der Waals surface area (Å²) in [5.74, 6) is 1.65. The molecule has 186 valence electrons. The van der Waals surface area contributed by atoms with E-state index in [4.69, 9.17) is 9.47 Å². The molecule has 1 aromatic rings. The van der Waals surface area contributed by atoms with Gasteiger partial charge in [0, 0.05) is 5.56 Å². The SMILES string of the molecule is CC(CC(C)(C)C)Oc1cc(C(C)(C)C)c(OC(C)CC(C)(C)C)c2c1SC(=C(C#N)C#N)S2. The molecule has 0 bridgehead atoms. The Hall–Kier alpha value is -1.76. The van der Waals surface area contributed by atoms with E-state index in [1.807, 2.05) is 0 Å². The molecular formula is C28H40N2O2S2. The highest BCUT2D eigenvalue weighted by Gasteiger charge is 2.35. The molecule has 2 rings (SSSR count). The number of ether oxygens (including phenoxy) is 2. The summed E-state index contributed by atoms with van der Waals surface area (Å²) in [5, 5.41) is 19.0. The van der Waals surface area contributed by atoms with Crippen LogP contribution in [-0.4, -0.2) is 12.2 Å². The van der Waals surface area contributed by atoms with E-state index in [-0.39, 0.29) is 34.0 Å². The van der Waals surface area contributed by atoms with Crippen molar-refractivity contribution in [2.75, 3.05) is 0 Å². The number of thioether (sulfide) groups is 2. The summed E-state index contributed by atoms with van der Waals surface area (Å²) in [6.45, 7) is 24.0. The second-order valence-corrected chi connectivity index (χ2v) is 14.9. The van der Waals surface area contributed by atoms with E-state index in [1.165, 1.54) is 23.5 Å². The zero-order chi connectivity index (χ0) is 26.1. The fourth-order valence-corrected chi connectivity index (χ4v) is 6.71. The number of rotatable bonds is 6. The summed E-state index contributed by atoms with van der Waals surface area (Å²) >= 11 is 2.90. The van der Waals surface area contributed by atoms with Crippen molar-refractivity contribution >= 4 is 23.5 Å². The molecular weight excluding hydrogens is 460 g/mol. The molecule has 4 nitrogen and oxygen atoms in total. The fourth-order valence-electron chi connectivity index (χ4n) is 4.20. The van der Waals surface area contributed by atoms with Gasteiger partial charge in [0.05, 0.1) is 26.2 Å². The first-order valence-corrected chi connectivity index (χ1v) is 13.5. The Balaban J connectivity index is 2.68. The normalized spacial score (nSPS) is 15.7. The summed E-state index contributed by atoms with van der Waals surface area (Å²) < 4.78 is 13.9. The average molecular weight is 501 g/mol. The standard InChI is InChI=1S/C28H40N2O2S2/c1-17(13-26(3,4)5)31-21-12-20(28(9,10)11)22(32-18(2)14-27(6,7)8)24-23(21)33-25(34-24)19(15-29)16-30/h12,17-18H,13-14H2,1-11H3. The first kappa shape index (κ1) is 28.5. The molecule has 1 aromatic carbocycles. The van der Waals surface area contributed by atoms with Crippen LogP contribution in [0.3, 0.4) is 0 Å². The van der Waals surface area contributed by atoms with Crippen molar-refractivity contribution in [3.63, 3.8) is 0 Å². The molecule has 0 N–H and O–H groups in total. The van der Waals surface area contributed by atoms with Gasteiger partial charge in [-0.2, -0.15) is 10.5 Å². The van der Waals surface area contributed by atoms with Crippen LogP contribution in [-0.2, 0) is 5.41 Å². The van der Waals surface area contributed by atoms with Gasteiger partial charge in [0.15, 0.2) is 0 Å². The van der Waals surface area contributed by atoms with Gasteiger partial charge in [0.2, 0.25) is 0 Å². The Morgan fingerprint density at radius 3 is 1.74 bits per heavy atom. The van der Waals surface area contributed by atoms with Gasteiger partial charge in [-0.1, -0.05) is 85.8 Å². The second-order valence-electron chi connectivity index (χ2n) is 12.6. The Morgan fingerprint density at radius 1 is 0.824 bits per heavy atom. The van der Waals surface area contributed by atoms with E-state index in [9.17, 15) is 10.5 Å². The van der Waals surface area contributed by atoms with Crippen LogP contribution < -0.4 is 9.47 Å². The molecule has 0 aliphatic carbocycles. The Morgan fingerprint density at radius 2 is 1.29 bits per heavy atom. The number of hydrogen-bond donors (Lipinski definition) is 0. The molecule has 0 aromatic heterocycles. The van der Waals surface area contributed by atoms with Gasteiger partial charge in [-0.3, -0.25) is 0 Å². The lowest BCUT2D eigenvalue weighted by Crippen LogP contribution is -2.24. The van der Waals surface area contributed by atoms with Gasteiger partial charge in [-0.25, -0.2) is 0 Å². The lowest BCUT2D eigenvalue weighted by Gasteiger charge is -2.31. The number of fused-ring (bicyclic) bond motifs is 1. The van der Waals surface area contributed by atoms with Crippen molar-refractivity contribution in [3.8, 4) is 23.6 Å². The van der Waals surface area contributed by atoms with Gasteiger partial charge in [-0.05, 0) is 49.0 Å². The third-order valence-electron chi connectivity index (χ3n) is 5.23. The number of nitrogens with zero attached hydrogens (tertiary/aromatic N) is 2. The zero-order valence-electron chi connectivity index (χ0n) is 22.7. The topological polar surface area (TPSA) is 66.0 Å². The highest BCUT2D eigenvalue weighted by Crippen LogP contribution is 2.61. The molecule has 0 spiro atoms. The monoisotopic (exact) mass is 500 g/mol. The molecule has 1 heterocycles. The predicted octanol–water partition coefficient (Wildman–Crippen LogP) is 8.85. The minimum absolute atomic E-state index is 0.0156. The highest BCUT2D eigenvalue weighted by atomic mass is 32.2. The fraction of sp³-hybridized carbons (Fsp3) is 0.643. The first-order valence-electron chi connectivity index (χ1n) is 11.9. The maximum atomic E-state index is 9.51. The van der Waals surface area contributed by atoms with Crippen molar-refractivity contribution in [2.45, 2.75) is 116 Å². The van der Waals surface area contributed by atoms with Crippen molar-refractivity contribution in [3.05, 3.63) is 21.4 Å². The summed E-state index contributed by atoms with van der Waals surface area (Å²) in [5.41, 5.74) is 1.31. The number of nitriles is 2. The highest BCUT2D eigenvalue weighted by molar-refractivity contribution is 8.24. The number of allylic oxidation sites excluding steroid dienone is 1. The summed E-state index contributed by atoms with van der Waals surface area (Å²) in [4.78, 5) is 1.89. The Kier molecular flexibility index (Phi) is 8.77. The van der Waals surface area contributed by atoms with Crippen LogP contribution in [0.15, 0.2) is 25.7 Å². The number of benzene rings is 1. The molecule has 1 aliphatic rings. The van der Waals surface area contributed by atoms with Crippen molar-refractivity contribution in [1.82, 2.24) is 0 Å². The quantitative estimate of drug-likeness (QED) is 0.363. The molecule has 0 fully saturated rings. The molecule has 0 amide bonds. The molecule has 0 saturated carbocycles. The van der Waals surface area contributed by atoms with Crippen molar-refractivity contribution in [2.24, 2.45) is 10.8 Å². The third kappa shape index (κ3) is 7.62. The van der Waals surface area contributed by atoms with Crippen LogP contribution in [0.1, 0.15) is 94.6 Å². The van der Waals surface area contributed by atoms with E-state index in [0.717, 1.165) is 39.7 Å². The van der Waals surface area contributed by atoms with E-state index in [0.29, 0.717) is 4.24 Å². The van der Waals surface area contributed by atoms with Crippen molar-refractivity contribution < 1.29 is 9.47 Å². The van der Waals surface area contributed by atoms with E-state index in [2.05, 4.69) is 94.4 Å². The van der Waals surface area contributed by atoms with Crippen molar-refractivity contribution in [1.29, 1.82) is 10.5 Å². The second kappa shape index (κ2) is 10.5. The summed E-state index contributed by atoms with van der Waals surface area (Å²) in [6.07, 6.45) is 1.86. The predicted molar refractivity (Wildman–Crippen MR) is 143 cm³/mol. The maximum absolute atomic E-state index is 9.51. The van der Waals surface area contributed by atoms with Gasteiger partial charge in [0.1, 0.15) is 29.2 Å². The molecule has 0 radical (unpaired) electrons. The zero-order valence-corrected chi connectivity index (χ0v) is 24.3.